The smallest absolute Gasteiger partial charge is 0.267 e. The summed E-state index contributed by atoms with van der Waals surface area (Å²) in [5.74, 6) is -1.24. The minimum Gasteiger partial charge on any atom is -0.398 e. The Kier molecular flexibility index (Phi) is 6.01. The second-order valence-electron chi connectivity index (χ2n) is 4.81. The summed E-state index contributed by atoms with van der Waals surface area (Å²) >= 11 is 11.7. The van der Waals surface area contributed by atoms with Crippen LogP contribution in [-0.4, -0.2) is 11.8 Å². The van der Waals surface area contributed by atoms with Gasteiger partial charge in [0.25, 0.3) is 11.8 Å². The van der Waals surface area contributed by atoms with Gasteiger partial charge in [0.1, 0.15) is 11.6 Å². The Hall–Kier alpha value is -3.01. The summed E-state index contributed by atoms with van der Waals surface area (Å²) in [6, 6.07) is 12.6. The zero-order chi connectivity index (χ0) is 18.4. The van der Waals surface area contributed by atoms with E-state index in [0.717, 1.165) is 6.20 Å². The van der Waals surface area contributed by atoms with Crippen molar-refractivity contribution < 1.29 is 9.59 Å². The van der Waals surface area contributed by atoms with Gasteiger partial charge in [-0.15, -0.1) is 0 Å². The Morgan fingerprint density at radius 2 is 1.84 bits per heavy atom. The lowest BCUT2D eigenvalue weighted by Crippen LogP contribution is -2.22. The fourth-order valence-electron chi connectivity index (χ4n) is 1.84. The van der Waals surface area contributed by atoms with E-state index in [0.29, 0.717) is 10.7 Å². The van der Waals surface area contributed by atoms with Crippen molar-refractivity contribution in [1.82, 2.24) is 5.32 Å². The zero-order valence-corrected chi connectivity index (χ0v) is 14.2. The predicted octanol–water partition coefficient (Wildman–Crippen LogP) is 3.35. The number of amides is 2. The number of nitrogens with one attached hydrogen (secondary N) is 2. The number of benzene rings is 2. The molecule has 0 radical (unpaired) electrons. The summed E-state index contributed by atoms with van der Waals surface area (Å²) in [5, 5.41) is 14.6. The topological polar surface area (TPSA) is 108 Å². The van der Waals surface area contributed by atoms with Gasteiger partial charge in [-0.05, 0) is 30.3 Å². The molecule has 0 spiro atoms. The van der Waals surface area contributed by atoms with Crippen molar-refractivity contribution in [1.29, 1.82) is 5.26 Å². The van der Waals surface area contributed by atoms with Crippen LogP contribution in [0.25, 0.3) is 0 Å². The van der Waals surface area contributed by atoms with Crippen LogP contribution in [0.2, 0.25) is 10.0 Å². The van der Waals surface area contributed by atoms with Gasteiger partial charge in [-0.3, -0.25) is 9.59 Å². The van der Waals surface area contributed by atoms with Crippen LogP contribution in [0.4, 0.5) is 11.4 Å². The zero-order valence-electron chi connectivity index (χ0n) is 12.7. The second-order valence-corrected chi connectivity index (χ2v) is 5.63. The van der Waals surface area contributed by atoms with Crippen molar-refractivity contribution in [3.8, 4) is 6.07 Å². The Labute approximate surface area is 153 Å². The Morgan fingerprint density at radius 1 is 1.12 bits per heavy atom. The maximum absolute atomic E-state index is 12.1. The molecule has 0 unspecified atom stereocenters. The number of nitriles is 1. The van der Waals surface area contributed by atoms with Crippen molar-refractivity contribution in [2.24, 2.45) is 0 Å². The maximum Gasteiger partial charge on any atom is 0.267 e. The third-order valence-electron chi connectivity index (χ3n) is 3.10. The first-order chi connectivity index (χ1) is 11.9. The van der Waals surface area contributed by atoms with E-state index >= 15 is 0 Å². The number of nitrogens with zero attached hydrogens (tertiary/aromatic N) is 1. The van der Waals surface area contributed by atoms with Gasteiger partial charge in [-0.1, -0.05) is 35.3 Å². The van der Waals surface area contributed by atoms with E-state index in [1.807, 2.05) is 0 Å². The number of para-hydroxylation sites is 1. The van der Waals surface area contributed by atoms with Crippen LogP contribution >= 0.6 is 23.2 Å². The number of hydrogen-bond acceptors (Lipinski definition) is 4. The Balaban J connectivity index is 2.10. The number of halogens is 2. The number of rotatable bonds is 4. The van der Waals surface area contributed by atoms with Crippen molar-refractivity contribution in [2.75, 3.05) is 11.1 Å². The molecule has 0 aliphatic rings. The molecule has 2 rings (SSSR count). The van der Waals surface area contributed by atoms with Gasteiger partial charge in [-0.2, -0.15) is 5.26 Å². The first-order valence-electron chi connectivity index (χ1n) is 6.94. The van der Waals surface area contributed by atoms with Gasteiger partial charge in [-0.25, -0.2) is 0 Å². The third-order valence-corrected chi connectivity index (χ3v) is 3.83. The molecule has 0 saturated carbocycles. The fraction of sp³-hybridized carbons (Fsp3) is 0. The molecule has 0 aliphatic carbocycles. The molecule has 0 saturated heterocycles. The van der Waals surface area contributed by atoms with Gasteiger partial charge in [0, 0.05) is 17.6 Å². The highest BCUT2D eigenvalue weighted by Gasteiger charge is 2.12. The monoisotopic (exact) mass is 374 g/mol. The fourth-order valence-corrected chi connectivity index (χ4v) is 2.14. The minimum atomic E-state index is -0.706. The van der Waals surface area contributed by atoms with E-state index in [2.05, 4.69) is 10.6 Å². The van der Waals surface area contributed by atoms with Crippen molar-refractivity contribution in [2.45, 2.75) is 0 Å². The first-order valence-corrected chi connectivity index (χ1v) is 7.70. The van der Waals surface area contributed by atoms with E-state index < -0.39 is 11.8 Å². The predicted molar refractivity (Wildman–Crippen MR) is 97.1 cm³/mol. The molecule has 0 bridgehead atoms. The van der Waals surface area contributed by atoms with E-state index in [1.165, 1.54) is 24.3 Å². The highest BCUT2D eigenvalue weighted by molar-refractivity contribution is 6.42. The summed E-state index contributed by atoms with van der Waals surface area (Å²) in [6.07, 6.45) is 1.02. The van der Waals surface area contributed by atoms with Crippen LogP contribution in [0, 0.1) is 11.3 Å². The summed E-state index contributed by atoms with van der Waals surface area (Å²) in [4.78, 5) is 24.1. The van der Waals surface area contributed by atoms with Crippen molar-refractivity contribution in [3.63, 3.8) is 0 Å². The Morgan fingerprint density at radius 3 is 2.48 bits per heavy atom. The van der Waals surface area contributed by atoms with Gasteiger partial charge in [0.15, 0.2) is 0 Å². The highest BCUT2D eigenvalue weighted by Crippen LogP contribution is 2.25. The molecule has 0 atom stereocenters. The van der Waals surface area contributed by atoms with Gasteiger partial charge in [0.2, 0.25) is 0 Å². The van der Waals surface area contributed by atoms with Crippen molar-refractivity contribution >= 4 is 46.4 Å². The van der Waals surface area contributed by atoms with Crippen LogP contribution in [0.1, 0.15) is 10.4 Å². The van der Waals surface area contributed by atoms with E-state index in [1.54, 1.807) is 24.3 Å². The lowest BCUT2D eigenvalue weighted by Gasteiger charge is -2.06. The first kappa shape index (κ1) is 18.3. The molecule has 2 amide bonds. The van der Waals surface area contributed by atoms with E-state index in [4.69, 9.17) is 34.2 Å². The van der Waals surface area contributed by atoms with Gasteiger partial charge >= 0.3 is 0 Å². The summed E-state index contributed by atoms with van der Waals surface area (Å²) in [7, 11) is 0. The molecule has 126 valence electrons. The lowest BCUT2D eigenvalue weighted by molar-refractivity contribution is -0.112. The molecule has 0 aromatic heterocycles. The van der Waals surface area contributed by atoms with Gasteiger partial charge < -0.3 is 16.4 Å². The second kappa shape index (κ2) is 8.20. The summed E-state index contributed by atoms with van der Waals surface area (Å²) in [6.45, 7) is 0. The van der Waals surface area contributed by atoms with Crippen LogP contribution in [-0.2, 0) is 4.79 Å². The number of hydrogen-bond donors (Lipinski definition) is 3. The van der Waals surface area contributed by atoms with E-state index in [-0.39, 0.29) is 21.8 Å². The number of carbonyl (C=O) groups is 2. The quantitative estimate of drug-likeness (QED) is 0.433. The molecular formula is C17H12Cl2N4O2. The Bertz CT molecular complexity index is 904. The molecule has 0 heterocycles. The molecular weight excluding hydrogens is 363 g/mol. The molecule has 6 nitrogen and oxygen atoms in total. The standard InChI is InChI=1S/C17H12Cl2N4O2/c18-13-6-5-11(7-14(13)19)23-16(24)10(8-20)9-22-17(25)12-3-1-2-4-15(12)21/h1-7,9H,21H2,(H,22,25)(H,23,24)/b10-9-. The molecule has 2 aromatic carbocycles. The number of anilines is 2. The average Bonchev–Trinajstić information content (AvgIpc) is 2.59. The molecule has 4 N–H and O–H groups in total. The van der Waals surface area contributed by atoms with Gasteiger partial charge in [0.05, 0.1) is 15.6 Å². The van der Waals surface area contributed by atoms with Crippen LogP contribution in [0.15, 0.2) is 54.2 Å². The average molecular weight is 375 g/mol. The molecule has 2 aromatic rings. The molecule has 8 heteroatoms. The molecule has 25 heavy (non-hydrogen) atoms. The SMILES string of the molecule is N#C/C(=C/NC(=O)c1ccccc1N)C(=O)Nc1ccc(Cl)c(Cl)c1. The highest BCUT2D eigenvalue weighted by atomic mass is 35.5. The molecule has 0 fully saturated rings. The normalized spacial score (nSPS) is 10.7. The summed E-state index contributed by atoms with van der Waals surface area (Å²) in [5.41, 5.74) is 6.28. The lowest BCUT2D eigenvalue weighted by atomic mass is 10.1. The van der Waals surface area contributed by atoms with Crippen molar-refractivity contribution in [3.05, 3.63) is 69.8 Å². The third kappa shape index (κ3) is 4.73. The minimum absolute atomic E-state index is 0.237. The number of carbonyl (C=O) groups excluding carboxylic acids is 2. The largest absolute Gasteiger partial charge is 0.398 e. The van der Waals surface area contributed by atoms with E-state index in [9.17, 15) is 9.59 Å². The summed E-state index contributed by atoms with van der Waals surface area (Å²) < 4.78 is 0. The maximum atomic E-state index is 12.1. The van der Waals surface area contributed by atoms with Crippen LogP contribution in [0.3, 0.4) is 0 Å². The number of nitrogens with two attached hydrogens (primary N) is 1. The van der Waals surface area contributed by atoms with Crippen LogP contribution in [0.5, 0.6) is 0 Å². The van der Waals surface area contributed by atoms with Crippen LogP contribution < -0.4 is 16.4 Å². The molecule has 0 aliphatic heterocycles. The number of nitrogen functional groups attached to an aromatic ring is 1.